The van der Waals surface area contributed by atoms with Crippen molar-refractivity contribution in [2.24, 2.45) is 11.3 Å². The van der Waals surface area contributed by atoms with Gasteiger partial charge in [-0.3, -0.25) is 14.8 Å². The fraction of sp³-hybridized carbons (Fsp3) is 0.750. The van der Waals surface area contributed by atoms with E-state index >= 15 is 0 Å². The van der Waals surface area contributed by atoms with Crippen LogP contribution in [0.1, 0.15) is 27.2 Å². The smallest absolute Gasteiger partial charge is 0.257 e. The Labute approximate surface area is 71.1 Å². The molecule has 1 heterocycles. The van der Waals surface area contributed by atoms with Crippen LogP contribution in [0.15, 0.2) is 0 Å². The molecular weight excluding hydrogens is 158 g/mol. The first kappa shape index (κ1) is 9.19. The average Bonchev–Trinajstić information content (AvgIpc) is 2.15. The number of hydrogen-bond acceptors (Lipinski definition) is 3. The lowest BCUT2D eigenvalue weighted by Gasteiger charge is -2.23. The monoisotopic (exact) mass is 171 g/mol. The van der Waals surface area contributed by atoms with E-state index < -0.39 is 11.8 Å². The summed E-state index contributed by atoms with van der Waals surface area (Å²) in [6, 6.07) is 0. The standard InChI is InChI=1S/C8H13NO3/c1-8(2,3)5-4-6(10)9(12)7(5)11/h5,12H,4H2,1-3H3. The van der Waals surface area contributed by atoms with Gasteiger partial charge in [-0.15, -0.1) is 0 Å². The van der Waals surface area contributed by atoms with Crippen molar-refractivity contribution in [1.29, 1.82) is 0 Å². The highest BCUT2D eigenvalue weighted by Gasteiger charge is 2.44. The van der Waals surface area contributed by atoms with E-state index in [1.165, 1.54) is 0 Å². The summed E-state index contributed by atoms with van der Waals surface area (Å²) in [6.45, 7) is 5.63. The van der Waals surface area contributed by atoms with Crippen LogP contribution in [0.2, 0.25) is 0 Å². The summed E-state index contributed by atoms with van der Waals surface area (Å²) in [5.74, 6) is -1.36. The molecular formula is C8H13NO3. The molecule has 0 aromatic rings. The highest BCUT2D eigenvalue weighted by molar-refractivity contribution is 6.02. The molecule has 12 heavy (non-hydrogen) atoms. The molecule has 1 unspecified atom stereocenters. The molecule has 68 valence electrons. The highest BCUT2D eigenvalue weighted by atomic mass is 16.5. The van der Waals surface area contributed by atoms with Gasteiger partial charge in [0.2, 0.25) is 0 Å². The maximum atomic E-state index is 11.2. The summed E-state index contributed by atoms with van der Waals surface area (Å²) in [6.07, 6.45) is 0.124. The Morgan fingerprint density at radius 2 is 1.92 bits per heavy atom. The van der Waals surface area contributed by atoms with Gasteiger partial charge in [-0.1, -0.05) is 20.8 Å². The zero-order chi connectivity index (χ0) is 9.52. The summed E-state index contributed by atoms with van der Waals surface area (Å²) in [4.78, 5) is 22.1. The quantitative estimate of drug-likeness (QED) is 0.433. The van der Waals surface area contributed by atoms with Gasteiger partial charge < -0.3 is 0 Å². The first-order chi connectivity index (χ1) is 5.34. The molecule has 4 nitrogen and oxygen atoms in total. The van der Waals surface area contributed by atoms with E-state index in [-0.39, 0.29) is 22.8 Å². The Kier molecular flexibility index (Phi) is 1.96. The number of amides is 2. The molecule has 1 saturated heterocycles. The summed E-state index contributed by atoms with van der Waals surface area (Å²) in [5, 5.41) is 9.17. The summed E-state index contributed by atoms with van der Waals surface area (Å²) in [7, 11) is 0. The van der Waals surface area contributed by atoms with Crippen molar-refractivity contribution in [3.05, 3.63) is 0 Å². The van der Waals surface area contributed by atoms with Gasteiger partial charge in [0.1, 0.15) is 0 Å². The summed E-state index contributed by atoms with van der Waals surface area (Å²) in [5.41, 5.74) is -0.260. The van der Waals surface area contributed by atoms with Crippen LogP contribution in [0.5, 0.6) is 0 Å². The van der Waals surface area contributed by atoms with Crippen LogP contribution < -0.4 is 0 Å². The molecule has 1 rings (SSSR count). The van der Waals surface area contributed by atoms with Crippen LogP contribution in [0, 0.1) is 11.3 Å². The van der Waals surface area contributed by atoms with Crippen molar-refractivity contribution in [1.82, 2.24) is 5.06 Å². The Hall–Kier alpha value is -0.900. The van der Waals surface area contributed by atoms with E-state index in [0.717, 1.165) is 0 Å². The van der Waals surface area contributed by atoms with E-state index in [1.807, 2.05) is 20.8 Å². The largest absolute Gasteiger partial charge is 0.279 e. The second-order valence-electron chi connectivity index (χ2n) is 4.17. The van der Waals surface area contributed by atoms with Crippen molar-refractivity contribution in [3.63, 3.8) is 0 Å². The van der Waals surface area contributed by atoms with Crippen LogP contribution in [0.3, 0.4) is 0 Å². The van der Waals surface area contributed by atoms with E-state index in [2.05, 4.69) is 0 Å². The van der Waals surface area contributed by atoms with Crippen LogP contribution in [0.25, 0.3) is 0 Å². The molecule has 0 aliphatic carbocycles. The normalized spacial score (nSPS) is 25.3. The van der Waals surface area contributed by atoms with Crippen molar-refractivity contribution in [2.45, 2.75) is 27.2 Å². The van der Waals surface area contributed by atoms with Gasteiger partial charge in [-0.2, -0.15) is 5.06 Å². The first-order valence-corrected chi connectivity index (χ1v) is 3.89. The number of rotatable bonds is 0. The predicted molar refractivity (Wildman–Crippen MR) is 41.2 cm³/mol. The third kappa shape index (κ3) is 1.34. The molecule has 1 aliphatic rings. The fourth-order valence-electron chi connectivity index (χ4n) is 1.30. The van der Waals surface area contributed by atoms with Crippen LogP contribution >= 0.6 is 0 Å². The third-order valence-corrected chi connectivity index (χ3v) is 2.17. The van der Waals surface area contributed by atoms with Gasteiger partial charge in [0, 0.05) is 6.42 Å². The van der Waals surface area contributed by atoms with E-state index in [9.17, 15) is 9.59 Å². The molecule has 1 fully saturated rings. The second kappa shape index (κ2) is 2.55. The van der Waals surface area contributed by atoms with Crippen molar-refractivity contribution in [2.75, 3.05) is 0 Å². The Bertz CT molecular complexity index is 229. The topological polar surface area (TPSA) is 57.6 Å². The van der Waals surface area contributed by atoms with Gasteiger partial charge in [0.05, 0.1) is 5.92 Å². The minimum Gasteiger partial charge on any atom is -0.279 e. The maximum absolute atomic E-state index is 11.2. The molecule has 1 atom stereocenters. The Morgan fingerprint density at radius 3 is 2.08 bits per heavy atom. The van der Waals surface area contributed by atoms with Crippen molar-refractivity contribution >= 4 is 11.8 Å². The molecule has 1 N–H and O–H groups in total. The average molecular weight is 171 g/mol. The number of carbonyl (C=O) groups is 2. The van der Waals surface area contributed by atoms with Crippen molar-refractivity contribution < 1.29 is 14.8 Å². The van der Waals surface area contributed by atoms with E-state index in [4.69, 9.17) is 5.21 Å². The molecule has 0 bridgehead atoms. The number of hydroxylamine groups is 2. The number of imide groups is 1. The van der Waals surface area contributed by atoms with Crippen LogP contribution in [0.4, 0.5) is 0 Å². The van der Waals surface area contributed by atoms with Gasteiger partial charge in [-0.05, 0) is 5.41 Å². The number of hydrogen-bond donors (Lipinski definition) is 1. The molecule has 0 radical (unpaired) electrons. The lowest BCUT2D eigenvalue weighted by atomic mass is 9.80. The zero-order valence-corrected chi connectivity index (χ0v) is 7.50. The van der Waals surface area contributed by atoms with Gasteiger partial charge >= 0.3 is 0 Å². The molecule has 0 aromatic carbocycles. The lowest BCUT2D eigenvalue weighted by Crippen LogP contribution is -2.31. The summed E-state index contributed by atoms with van der Waals surface area (Å²) < 4.78 is 0. The molecule has 2 amide bonds. The maximum Gasteiger partial charge on any atom is 0.257 e. The van der Waals surface area contributed by atoms with Gasteiger partial charge in [0.25, 0.3) is 11.8 Å². The third-order valence-electron chi connectivity index (χ3n) is 2.17. The molecule has 4 heteroatoms. The van der Waals surface area contributed by atoms with E-state index in [1.54, 1.807) is 0 Å². The first-order valence-electron chi connectivity index (χ1n) is 3.89. The van der Waals surface area contributed by atoms with E-state index in [0.29, 0.717) is 0 Å². The predicted octanol–water partition coefficient (Wildman–Crippen LogP) is 0.797. The van der Waals surface area contributed by atoms with Gasteiger partial charge in [0.15, 0.2) is 0 Å². The fourth-order valence-corrected chi connectivity index (χ4v) is 1.30. The molecule has 0 spiro atoms. The van der Waals surface area contributed by atoms with Crippen molar-refractivity contribution in [3.8, 4) is 0 Å². The molecule has 0 saturated carbocycles. The summed E-state index contributed by atoms with van der Waals surface area (Å²) >= 11 is 0. The molecule has 0 aromatic heterocycles. The zero-order valence-electron chi connectivity index (χ0n) is 7.50. The SMILES string of the molecule is CC(C)(C)C1CC(=O)N(O)C1=O. The number of carbonyl (C=O) groups excluding carboxylic acids is 2. The Balaban J connectivity index is 2.86. The van der Waals surface area contributed by atoms with Crippen LogP contribution in [-0.4, -0.2) is 22.1 Å². The van der Waals surface area contributed by atoms with Crippen LogP contribution in [-0.2, 0) is 9.59 Å². The minimum atomic E-state index is -0.500. The Morgan fingerprint density at radius 1 is 1.42 bits per heavy atom. The second-order valence-corrected chi connectivity index (χ2v) is 4.17. The van der Waals surface area contributed by atoms with Gasteiger partial charge in [-0.25, -0.2) is 0 Å². The minimum absolute atomic E-state index is 0.124. The lowest BCUT2D eigenvalue weighted by molar-refractivity contribution is -0.173. The molecule has 1 aliphatic heterocycles. The number of nitrogens with zero attached hydrogens (tertiary/aromatic N) is 1. The highest BCUT2D eigenvalue weighted by Crippen LogP contribution is 2.34.